The van der Waals surface area contributed by atoms with Crippen LogP contribution in [0.1, 0.15) is 37.1 Å². The number of hydrogen-bond donors (Lipinski definition) is 5. The second-order valence-corrected chi connectivity index (χ2v) is 6.00. The molecule has 2 unspecified atom stereocenters. The Morgan fingerprint density at radius 3 is 2.74 bits per heavy atom. The van der Waals surface area contributed by atoms with Crippen molar-refractivity contribution in [1.29, 1.82) is 0 Å². The van der Waals surface area contributed by atoms with Gasteiger partial charge in [0, 0.05) is 11.3 Å². The van der Waals surface area contributed by atoms with Gasteiger partial charge in [-0.15, -0.1) is 0 Å². The highest BCUT2D eigenvalue weighted by molar-refractivity contribution is 5.83. The molecule has 2 rings (SSSR count). The van der Waals surface area contributed by atoms with Gasteiger partial charge in [0.2, 0.25) is 17.8 Å². The van der Waals surface area contributed by atoms with Gasteiger partial charge in [0.15, 0.2) is 5.82 Å². The highest BCUT2D eigenvalue weighted by atomic mass is 16.5. The summed E-state index contributed by atoms with van der Waals surface area (Å²) in [6.07, 6.45) is -1.61. The largest absolute Gasteiger partial charge is 0.563 e. The summed E-state index contributed by atoms with van der Waals surface area (Å²) in [7, 11) is 0. The molecule has 0 aromatic carbocycles. The molecule has 0 aliphatic carbocycles. The third kappa shape index (κ3) is 5.87. The molecule has 0 radical (unpaired) electrons. The number of carbonyl (C=O) groups is 3. The monoisotopic (exact) mass is 387 g/mol. The number of morpholine rings is 1. The van der Waals surface area contributed by atoms with Gasteiger partial charge in [0.25, 0.3) is 0 Å². The Morgan fingerprint density at radius 1 is 1.44 bits per heavy atom. The molecule has 13 nitrogen and oxygen atoms in total. The van der Waals surface area contributed by atoms with Crippen LogP contribution in [0.2, 0.25) is 0 Å². The van der Waals surface area contributed by atoms with E-state index in [9.17, 15) is 19.5 Å². The van der Waals surface area contributed by atoms with Gasteiger partial charge in [-0.1, -0.05) is 5.16 Å². The highest BCUT2D eigenvalue weighted by Gasteiger charge is 2.33. The standard InChI is InChI=1S/C14H22N6O7/c1-6(21)10(13(23)24)18-14(25)17-7(4-9(15)22)12-19-11(20-27-12)8-5-26-3-2-16-8/h6-8,10,16,21H,2-5H2,1H3,(H2,15,22)(H,23,24)(H2,17,18,25)/p+1/t6?,7-,8?,10-/m0/s1. The number of amides is 3. The number of aliphatic hydroxyl groups excluding tert-OH is 1. The third-order valence-corrected chi connectivity index (χ3v) is 3.75. The van der Waals surface area contributed by atoms with E-state index in [1.807, 2.05) is 0 Å². The predicted octanol–water partition coefficient (Wildman–Crippen LogP) is -3.05. The Bertz CT molecular complexity index is 673. The molecule has 4 atom stereocenters. The van der Waals surface area contributed by atoms with E-state index in [1.165, 1.54) is 6.92 Å². The molecule has 1 aliphatic rings. The van der Waals surface area contributed by atoms with Gasteiger partial charge in [-0.3, -0.25) is 4.79 Å². The number of nitrogens with two attached hydrogens (primary N) is 1. The molecule has 3 amide bonds. The molecular formula is C14H23N6O7+. The number of urea groups is 1. The van der Waals surface area contributed by atoms with Crippen molar-refractivity contribution >= 4 is 17.9 Å². The zero-order valence-electron chi connectivity index (χ0n) is 14.6. The van der Waals surface area contributed by atoms with Crippen LogP contribution in [0.5, 0.6) is 0 Å². The normalized spacial score (nSPS) is 20.3. The number of hydrogen-bond acceptors (Lipinski definition) is 9. The fourth-order valence-corrected chi connectivity index (χ4v) is 2.41. The van der Waals surface area contributed by atoms with Gasteiger partial charge in [0.1, 0.15) is 6.04 Å². The van der Waals surface area contributed by atoms with E-state index < -0.39 is 36.1 Å². The fourth-order valence-electron chi connectivity index (χ4n) is 2.41. The van der Waals surface area contributed by atoms with Crippen molar-refractivity contribution in [2.24, 2.45) is 5.73 Å². The lowest BCUT2D eigenvalue weighted by Crippen LogP contribution is -2.52. The topological polar surface area (TPSA) is 205 Å². The zero-order chi connectivity index (χ0) is 20.0. The SMILES string of the molecule is CC(O)[C@H](NC(=O)N[C@@H](CC(N)=O)c1nc(C2COCCN2)no1)C(=O)[OH2+]. The number of nitrogens with one attached hydrogen (secondary N) is 3. The molecule has 27 heavy (non-hydrogen) atoms. The Labute approximate surface area is 153 Å². The lowest BCUT2D eigenvalue weighted by Gasteiger charge is -2.20. The summed E-state index contributed by atoms with van der Waals surface area (Å²) in [4.78, 5) is 38.7. The molecule has 8 N–H and O–H groups in total. The first kappa shape index (κ1) is 20.5. The summed E-state index contributed by atoms with van der Waals surface area (Å²) in [5, 5.41) is 28.0. The average molecular weight is 387 g/mol. The number of aromatic nitrogens is 2. The van der Waals surface area contributed by atoms with Crippen molar-refractivity contribution in [2.45, 2.75) is 37.6 Å². The lowest BCUT2D eigenvalue weighted by atomic mass is 10.2. The number of aliphatic hydroxyl groups is 1. The van der Waals surface area contributed by atoms with Crippen LogP contribution in [0.4, 0.5) is 4.79 Å². The summed E-state index contributed by atoms with van der Waals surface area (Å²) in [6.45, 7) is 2.77. The first-order valence-corrected chi connectivity index (χ1v) is 8.21. The minimum absolute atomic E-state index is 0.0582. The van der Waals surface area contributed by atoms with Gasteiger partial charge in [-0.25, -0.2) is 4.79 Å². The molecular weight excluding hydrogens is 364 g/mol. The molecule has 1 fully saturated rings. The third-order valence-electron chi connectivity index (χ3n) is 3.75. The van der Waals surface area contributed by atoms with Crippen molar-refractivity contribution in [3.63, 3.8) is 0 Å². The summed E-state index contributed by atoms with van der Waals surface area (Å²) < 4.78 is 10.4. The molecule has 1 aromatic heterocycles. The van der Waals surface area contributed by atoms with Gasteiger partial charge in [0.05, 0.1) is 31.8 Å². The van der Waals surface area contributed by atoms with E-state index in [-0.39, 0.29) is 18.4 Å². The lowest BCUT2D eigenvalue weighted by molar-refractivity contribution is -0.141. The number of rotatable bonds is 8. The van der Waals surface area contributed by atoms with E-state index >= 15 is 0 Å². The Balaban J connectivity index is 2.08. The molecule has 0 saturated carbocycles. The number of carbonyl (C=O) groups excluding carboxylic acids is 3. The first-order chi connectivity index (χ1) is 12.8. The summed E-state index contributed by atoms with van der Waals surface area (Å²) >= 11 is 0. The molecule has 1 aromatic rings. The molecule has 2 heterocycles. The number of primary amides is 1. The summed E-state index contributed by atoms with van der Waals surface area (Å²) in [5.74, 6) is -1.67. The highest BCUT2D eigenvalue weighted by Crippen LogP contribution is 2.18. The Kier molecular flexibility index (Phi) is 7.04. The maximum atomic E-state index is 12.1. The maximum absolute atomic E-state index is 12.1. The van der Waals surface area contributed by atoms with Crippen LogP contribution in [0.15, 0.2) is 4.52 Å². The van der Waals surface area contributed by atoms with Crippen LogP contribution in [-0.4, -0.2) is 70.2 Å². The van der Waals surface area contributed by atoms with E-state index in [0.717, 1.165) is 0 Å². The van der Waals surface area contributed by atoms with Crippen LogP contribution >= 0.6 is 0 Å². The number of nitrogens with zero attached hydrogens (tertiary/aromatic N) is 2. The summed E-state index contributed by atoms with van der Waals surface area (Å²) in [5.41, 5.74) is 5.20. The van der Waals surface area contributed by atoms with Crippen molar-refractivity contribution in [2.75, 3.05) is 19.8 Å². The minimum Gasteiger partial charge on any atom is -0.563 e. The van der Waals surface area contributed by atoms with Gasteiger partial charge in [-0.2, -0.15) is 4.98 Å². The fraction of sp³-hybridized carbons (Fsp3) is 0.643. The second kappa shape index (κ2) is 9.25. The predicted molar refractivity (Wildman–Crippen MR) is 88.2 cm³/mol. The van der Waals surface area contributed by atoms with Crippen molar-refractivity contribution in [3.05, 3.63) is 11.7 Å². The molecule has 13 heteroatoms. The van der Waals surface area contributed by atoms with E-state index in [1.54, 1.807) is 0 Å². The van der Waals surface area contributed by atoms with Crippen molar-refractivity contribution in [3.8, 4) is 0 Å². The van der Waals surface area contributed by atoms with Crippen LogP contribution < -0.4 is 21.7 Å². The van der Waals surface area contributed by atoms with Crippen molar-refractivity contribution in [1.82, 2.24) is 26.1 Å². The Morgan fingerprint density at radius 2 is 2.19 bits per heavy atom. The second-order valence-electron chi connectivity index (χ2n) is 6.00. The van der Waals surface area contributed by atoms with Crippen LogP contribution in [0, 0.1) is 0 Å². The van der Waals surface area contributed by atoms with E-state index in [2.05, 4.69) is 26.1 Å². The minimum atomic E-state index is -1.43. The molecule has 150 valence electrons. The van der Waals surface area contributed by atoms with Gasteiger partial charge < -0.3 is 41.2 Å². The van der Waals surface area contributed by atoms with Crippen LogP contribution in [0.3, 0.4) is 0 Å². The van der Waals surface area contributed by atoms with Crippen molar-refractivity contribution < 1.29 is 33.9 Å². The van der Waals surface area contributed by atoms with E-state index in [4.69, 9.17) is 20.1 Å². The zero-order valence-corrected chi connectivity index (χ0v) is 14.6. The molecule has 0 bridgehead atoms. The van der Waals surface area contributed by atoms with Crippen LogP contribution in [0.25, 0.3) is 0 Å². The van der Waals surface area contributed by atoms with Gasteiger partial charge >= 0.3 is 12.0 Å². The van der Waals surface area contributed by atoms with Crippen LogP contribution in [-0.2, 0) is 14.3 Å². The smallest absolute Gasteiger partial charge is 0.541 e. The number of ether oxygens (including phenoxy) is 1. The average Bonchev–Trinajstić information content (AvgIpc) is 3.09. The maximum Gasteiger partial charge on any atom is 0.541 e. The summed E-state index contributed by atoms with van der Waals surface area (Å²) in [6, 6.07) is -3.68. The Hall–Kier alpha value is -2.77. The molecule has 1 saturated heterocycles. The van der Waals surface area contributed by atoms with E-state index in [0.29, 0.717) is 25.6 Å². The quantitative estimate of drug-likeness (QED) is 0.287. The van der Waals surface area contributed by atoms with Gasteiger partial charge in [-0.05, 0) is 6.92 Å². The first-order valence-electron chi connectivity index (χ1n) is 8.21. The molecule has 0 spiro atoms. The molecule has 1 aliphatic heterocycles.